The number of nitrogens with zero attached hydrogens (tertiary/aromatic N) is 1. The average Bonchev–Trinajstić information content (AvgIpc) is 2.52. The van der Waals surface area contributed by atoms with Gasteiger partial charge in [0.05, 0.1) is 6.54 Å². The summed E-state index contributed by atoms with van der Waals surface area (Å²) in [4.78, 5) is 15.3. The second-order valence-corrected chi connectivity index (χ2v) is 10.1. The Labute approximate surface area is 146 Å². The molecule has 6 rings (SSSR count). The van der Waals surface area contributed by atoms with Gasteiger partial charge in [-0.3, -0.25) is 9.69 Å². The third kappa shape index (κ3) is 2.91. The van der Waals surface area contributed by atoms with Gasteiger partial charge in [-0.15, -0.1) is 0 Å². The number of rotatable bonds is 3. The molecule has 3 nitrogen and oxygen atoms in total. The monoisotopic (exact) mass is 330 g/mol. The molecule has 6 fully saturated rings. The fraction of sp³-hybridized carbons (Fsp3) is 0.952. The van der Waals surface area contributed by atoms with Gasteiger partial charge in [0.1, 0.15) is 0 Å². The number of amides is 1. The van der Waals surface area contributed by atoms with Gasteiger partial charge in [-0.2, -0.15) is 0 Å². The van der Waals surface area contributed by atoms with E-state index in [9.17, 15) is 4.79 Å². The van der Waals surface area contributed by atoms with Crippen LogP contribution in [0.15, 0.2) is 0 Å². The quantitative estimate of drug-likeness (QED) is 0.858. The predicted molar refractivity (Wildman–Crippen MR) is 95.6 cm³/mol. The molecule has 0 aromatic heterocycles. The molecular formula is C21H34N2O. The van der Waals surface area contributed by atoms with Crippen molar-refractivity contribution < 1.29 is 4.79 Å². The fourth-order valence-corrected chi connectivity index (χ4v) is 7.62. The molecular weight excluding hydrogens is 296 g/mol. The van der Waals surface area contributed by atoms with Gasteiger partial charge in [0.2, 0.25) is 5.91 Å². The molecule has 2 atom stereocenters. The Morgan fingerprint density at radius 1 is 0.917 bits per heavy atom. The van der Waals surface area contributed by atoms with Crippen molar-refractivity contribution in [2.45, 2.75) is 76.2 Å². The van der Waals surface area contributed by atoms with E-state index >= 15 is 0 Å². The second kappa shape index (κ2) is 6.00. The number of nitrogens with one attached hydrogen (secondary N) is 1. The van der Waals surface area contributed by atoms with Crippen molar-refractivity contribution in [3.05, 3.63) is 0 Å². The van der Waals surface area contributed by atoms with Crippen molar-refractivity contribution in [1.29, 1.82) is 0 Å². The van der Waals surface area contributed by atoms with Gasteiger partial charge in [-0.25, -0.2) is 0 Å². The molecule has 0 unspecified atom stereocenters. The normalized spacial score (nSPS) is 47.4. The Balaban J connectivity index is 1.18. The first-order chi connectivity index (χ1) is 11.7. The highest BCUT2D eigenvalue weighted by molar-refractivity contribution is 5.79. The maximum absolute atomic E-state index is 12.8. The number of carbonyl (C=O) groups is 1. The Kier molecular flexibility index (Phi) is 3.92. The first-order valence-electron chi connectivity index (χ1n) is 10.7. The van der Waals surface area contributed by atoms with Gasteiger partial charge in [0, 0.05) is 12.1 Å². The highest BCUT2D eigenvalue weighted by Crippen LogP contribution is 2.55. The summed E-state index contributed by atoms with van der Waals surface area (Å²) in [7, 11) is 0. The van der Waals surface area contributed by atoms with Gasteiger partial charge >= 0.3 is 0 Å². The van der Waals surface area contributed by atoms with Crippen molar-refractivity contribution in [3.8, 4) is 0 Å². The maximum atomic E-state index is 12.8. The lowest BCUT2D eigenvalue weighted by molar-refractivity contribution is -0.128. The summed E-state index contributed by atoms with van der Waals surface area (Å²) >= 11 is 0. The Morgan fingerprint density at radius 3 is 2.21 bits per heavy atom. The largest absolute Gasteiger partial charge is 0.350 e. The molecule has 6 aliphatic rings. The van der Waals surface area contributed by atoms with E-state index in [2.05, 4.69) is 10.2 Å². The minimum absolute atomic E-state index is 0.189. The van der Waals surface area contributed by atoms with Crippen LogP contribution in [0.3, 0.4) is 0 Å². The Bertz CT molecular complexity index is 467. The summed E-state index contributed by atoms with van der Waals surface area (Å²) in [5.74, 6) is 4.89. The predicted octanol–water partition coefficient (Wildman–Crippen LogP) is 3.58. The van der Waals surface area contributed by atoms with Gasteiger partial charge in [-0.05, 0) is 87.5 Å². The summed E-state index contributed by atoms with van der Waals surface area (Å²) in [6, 6.07) is 0. The average molecular weight is 331 g/mol. The zero-order chi connectivity index (χ0) is 16.1. The minimum Gasteiger partial charge on any atom is -0.350 e. The zero-order valence-electron chi connectivity index (χ0n) is 15.1. The van der Waals surface area contributed by atoms with Gasteiger partial charge < -0.3 is 5.32 Å². The highest BCUT2D eigenvalue weighted by atomic mass is 16.2. The highest BCUT2D eigenvalue weighted by Gasteiger charge is 2.51. The van der Waals surface area contributed by atoms with Crippen LogP contribution in [0.4, 0.5) is 0 Å². The first-order valence-corrected chi connectivity index (χ1v) is 10.7. The number of likely N-dealkylation sites (tertiary alicyclic amines) is 1. The third-order valence-corrected chi connectivity index (χ3v) is 8.19. The lowest BCUT2D eigenvalue weighted by Gasteiger charge is -2.57. The number of hydrogen-bond acceptors (Lipinski definition) is 2. The van der Waals surface area contributed by atoms with Crippen LogP contribution >= 0.6 is 0 Å². The molecule has 4 bridgehead atoms. The van der Waals surface area contributed by atoms with Gasteiger partial charge in [0.15, 0.2) is 0 Å². The second-order valence-electron chi connectivity index (χ2n) is 10.1. The van der Waals surface area contributed by atoms with Crippen molar-refractivity contribution in [3.63, 3.8) is 0 Å². The van der Waals surface area contributed by atoms with Gasteiger partial charge in [-0.1, -0.05) is 19.3 Å². The number of carbonyl (C=O) groups excluding carboxylic acids is 1. The first kappa shape index (κ1) is 15.7. The molecule has 0 aromatic carbocycles. The van der Waals surface area contributed by atoms with E-state index < -0.39 is 0 Å². The van der Waals surface area contributed by atoms with E-state index in [4.69, 9.17) is 0 Å². The molecule has 134 valence electrons. The lowest BCUT2D eigenvalue weighted by Crippen LogP contribution is -2.61. The maximum Gasteiger partial charge on any atom is 0.234 e. The van der Waals surface area contributed by atoms with E-state index in [0.29, 0.717) is 12.5 Å². The van der Waals surface area contributed by atoms with Crippen LogP contribution in [-0.4, -0.2) is 36.0 Å². The molecule has 1 amide bonds. The standard InChI is InChI=1S/C21H34N2O/c24-20(14-23-6-5-18-3-1-2-4-19(18)13-23)22-21-10-15-7-16(11-21)9-17(8-15)12-21/h15-19H,1-14H2,(H,22,24)/t15?,16?,17?,18-,19+,21?/m0/s1. The Hall–Kier alpha value is -0.570. The molecule has 1 aliphatic heterocycles. The fourth-order valence-electron chi connectivity index (χ4n) is 7.62. The molecule has 0 spiro atoms. The summed E-state index contributed by atoms with van der Waals surface area (Å²) in [5, 5.41) is 3.56. The third-order valence-electron chi connectivity index (χ3n) is 8.19. The van der Waals surface area contributed by atoms with E-state index in [1.54, 1.807) is 0 Å². The summed E-state index contributed by atoms with van der Waals surface area (Å²) in [6.07, 6.45) is 15.2. The lowest BCUT2D eigenvalue weighted by atomic mass is 9.53. The van der Waals surface area contributed by atoms with Crippen LogP contribution in [0.2, 0.25) is 0 Å². The minimum atomic E-state index is 0.189. The summed E-state index contributed by atoms with van der Waals surface area (Å²) < 4.78 is 0. The smallest absolute Gasteiger partial charge is 0.234 e. The van der Waals surface area contributed by atoms with E-state index in [1.165, 1.54) is 77.2 Å². The van der Waals surface area contributed by atoms with Crippen LogP contribution in [0.1, 0.15) is 70.6 Å². The molecule has 5 saturated carbocycles. The van der Waals surface area contributed by atoms with E-state index in [1.807, 2.05) is 0 Å². The van der Waals surface area contributed by atoms with Crippen LogP contribution < -0.4 is 5.32 Å². The van der Waals surface area contributed by atoms with E-state index in [0.717, 1.165) is 36.1 Å². The van der Waals surface area contributed by atoms with Crippen molar-refractivity contribution in [1.82, 2.24) is 10.2 Å². The number of piperidine rings is 1. The van der Waals surface area contributed by atoms with Crippen LogP contribution in [0.25, 0.3) is 0 Å². The molecule has 5 aliphatic carbocycles. The van der Waals surface area contributed by atoms with Crippen LogP contribution in [0.5, 0.6) is 0 Å². The van der Waals surface area contributed by atoms with E-state index in [-0.39, 0.29) is 5.54 Å². The van der Waals surface area contributed by atoms with Crippen molar-refractivity contribution in [2.24, 2.45) is 29.6 Å². The molecule has 0 aromatic rings. The number of hydrogen-bond donors (Lipinski definition) is 1. The molecule has 1 saturated heterocycles. The van der Waals surface area contributed by atoms with Crippen LogP contribution in [0, 0.1) is 29.6 Å². The molecule has 1 N–H and O–H groups in total. The topological polar surface area (TPSA) is 32.3 Å². The molecule has 0 radical (unpaired) electrons. The summed E-state index contributed by atoms with van der Waals surface area (Å²) in [6.45, 7) is 2.99. The Morgan fingerprint density at radius 2 is 1.54 bits per heavy atom. The SMILES string of the molecule is O=C(CN1CC[C@@H]2CCCC[C@@H]2C1)NC12CC3CC(CC(C3)C1)C2. The van der Waals surface area contributed by atoms with Gasteiger partial charge in [0.25, 0.3) is 0 Å². The van der Waals surface area contributed by atoms with Crippen LogP contribution in [-0.2, 0) is 4.79 Å². The summed E-state index contributed by atoms with van der Waals surface area (Å²) in [5.41, 5.74) is 0.189. The number of fused-ring (bicyclic) bond motifs is 1. The van der Waals surface area contributed by atoms with Crippen molar-refractivity contribution >= 4 is 5.91 Å². The molecule has 3 heteroatoms. The molecule has 1 heterocycles. The zero-order valence-corrected chi connectivity index (χ0v) is 15.1. The molecule has 24 heavy (non-hydrogen) atoms. The van der Waals surface area contributed by atoms with Crippen molar-refractivity contribution in [2.75, 3.05) is 19.6 Å².